The maximum Gasteiger partial charge on any atom is 0.416 e. The number of nitro groups is 1. The van der Waals surface area contributed by atoms with E-state index in [4.69, 9.17) is 0 Å². The number of alkyl halides is 3. The fourth-order valence-corrected chi connectivity index (χ4v) is 2.65. The molecule has 1 heterocycles. The van der Waals surface area contributed by atoms with Crippen molar-refractivity contribution in [2.24, 2.45) is 0 Å². The second-order valence-corrected chi connectivity index (χ2v) is 6.28. The van der Waals surface area contributed by atoms with Gasteiger partial charge in [-0.15, -0.1) is 5.10 Å². The van der Waals surface area contributed by atoms with Crippen molar-refractivity contribution in [3.05, 3.63) is 81.2 Å². The first kappa shape index (κ1) is 21.5. The lowest BCUT2D eigenvalue weighted by atomic mass is 10.1. The molecule has 31 heavy (non-hydrogen) atoms. The van der Waals surface area contributed by atoms with Crippen LogP contribution in [-0.2, 0) is 6.18 Å². The Morgan fingerprint density at radius 2 is 1.97 bits per heavy atom. The summed E-state index contributed by atoms with van der Waals surface area (Å²) in [4.78, 5) is 22.7. The lowest BCUT2D eigenvalue weighted by molar-refractivity contribution is -0.384. The molecule has 0 aliphatic heterocycles. The van der Waals surface area contributed by atoms with E-state index in [2.05, 4.69) is 27.5 Å². The molecule has 0 saturated carbocycles. The molecule has 8 nitrogen and oxygen atoms in total. The first-order valence-electron chi connectivity index (χ1n) is 8.78. The number of carbonyl (C=O) groups is 1. The van der Waals surface area contributed by atoms with Gasteiger partial charge in [0.2, 0.25) is 0 Å². The SMILES string of the molecule is Cc1c(C(=O)NCC#Cc2cccc(C(F)(F)F)c2)nnn1-c1cccc([N+](=O)[O-])c1. The summed E-state index contributed by atoms with van der Waals surface area (Å²) < 4.78 is 39.4. The number of halogens is 3. The lowest BCUT2D eigenvalue weighted by Gasteiger charge is -2.05. The van der Waals surface area contributed by atoms with Gasteiger partial charge in [-0.05, 0) is 31.2 Å². The van der Waals surface area contributed by atoms with Crippen LogP contribution in [-0.4, -0.2) is 32.4 Å². The highest BCUT2D eigenvalue weighted by molar-refractivity contribution is 5.93. The van der Waals surface area contributed by atoms with E-state index in [0.29, 0.717) is 11.4 Å². The Balaban J connectivity index is 1.69. The van der Waals surface area contributed by atoms with Gasteiger partial charge in [-0.3, -0.25) is 14.9 Å². The number of benzene rings is 2. The van der Waals surface area contributed by atoms with Crippen molar-refractivity contribution in [2.75, 3.05) is 6.54 Å². The molecule has 11 heteroatoms. The summed E-state index contributed by atoms with van der Waals surface area (Å²) in [5, 5.41) is 21.1. The van der Waals surface area contributed by atoms with Gasteiger partial charge in [-0.2, -0.15) is 13.2 Å². The van der Waals surface area contributed by atoms with Crippen molar-refractivity contribution in [3.8, 4) is 17.5 Å². The molecule has 2 aromatic carbocycles. The van der Waals surface area contributed by atoms with Gasteiger partial charge in [-0.1, -0.05) is 29.2 Å². The molecule has 1 N–H and O–H groups in total. The van der Waals surface area contributed by atoms with E-state index in [1.165, 1.54) is 35.0 Å². The number of hydrogen-bond acceptors (Lipinski definition) is 5. The van der Waals surface area contributed by atoms with Crippen molar-refractivity contribution < 1.29 is 22.9 Å². The Morgan fingerprint density at radius 3 is 2.68 bits per heavy atom. The van der Waals surface area contributed by atoms with Crippen LogP contribution in [0.5, 0.6) is 0 Å². The largest absolute Gasteiger partial charge is 0.416 e. The second-order valence-electron chi connectivity index (χ2n) is 6.28. The zero-order valence-corrected chi connectivity index (χ0v) is 16.0. The number of rotatable bonds is 4. The lowest BCUT2D eigenvalue weighted by Crippen LogP contribution is -2.24. The Hall–Kier alpha value is -4.20. The van der Waals surface area contributed by atoms with Gasteiger partial charge in [0.25, 0.3) is 11.6 Å². The highest BCUT2D eigenvalue weighted by atomic mass is 19.4. The number of nitrogens with zero attached hydrogens (tertiary/aromatic N) is 4. The zero-order chi connectivity index (χ0) is 22.6. The van der Waals surface area contributed by atoms with Crippen LogP contribution < -0.4 is 5.32 Å². The maximum atomic E-state index is 12.7. The molecule has 0 unspecified atom stereocenters. The average Bonchev–Trinajstić information content (AvgIpc) is 3.12. The number of aromatic nitrogens is 3. The van der Waals surface area contributed by atoms with Gasteiger partial charge in [0.15, 0.2) is 5.69 Å². The minimum absolute atomic E-state index is 0.00706. The van der Waals surface area contributed by atoms with Crippen molar-refractivity contribution in [2.45, 2.75) is 13.1 Å². The van der Waals surface area contributed by atoms with Gasteiger partial charge < -0.3 is 5.32 Å². The second kappa shape index (κ2) is 8.66. The normalized spacial score (nSPS) is 10.8. The fourth-order valence-electron chi connectivity index (χ4n) is 2.65. The van der Waals surface area contributed by atoms with Crippen LogP contribution in [0, 0.1) is 28.9 Å². The summed E-state index contributed by atoms with van der Waals surface area (Å²) in [6, 6.07) is 10.2. The van der Waals surface area contributed by atoms with E-state index in [1.54, 1.807) is 13.0 Å². The molecule has 0 saturated heterocycles. The first-order valence-corrected chi connectivity index (χ1v) is 8.78. The Labute approximate surface area is 173 Å². The van der Waals surface area contributed by atoms with Gasteiger partial charge in [0.1, 0.15) is 0 Å². The van der Waals surface area contributed by atoms with Gasteiger partial charge in [0.05, 0.1) is 28.4 Å². The number of non-ortho nitro benzene ring substituents is 1. The minimum atomic E-state index is -4.46. The van der Waals surface area contributed by atoms with Crippen LogP contribution in [0.3, 0.4) is 0 Å². The number of carbonyl (C=O) groups excluding carboxylic acids is 1. The summed E-state index contributed by atoms with van der Waals surface area (Å²) in [6.45, 7) is 1.44. The maximum absolute atomic E-state index is 12.7. The standard InChI is InChI=1S/C20H14F3N5O3/c1-13-18(25-26-27(13)16-8-3-9-17(12-16)28(30)31)19(29)24-10-4-6-14-5-2-7-15(11-14)20(21,22)23/h2-3,5,7-9,11-12H,10H2,1H3,(H,24,29). The fraction of sp³-hybridized carbons (Fsp3) is 0.150. The van der Waals surface area contributed by atoms with E-state index in [0.717, 1.165) is 12.1 Å². The molecular weight excluding hydrogens is 415 g/mol. The van der Waals surface area contributed by atoms with Crippen LogP contribution >= 0.6 is 0 Å². The van der Waals surface area contributed by atoms with Crippen LogP contribution in [0.25, 0.3) is 5.69 Å². The Bertz CT molecular complexity index is 1210. The number of nitrogens with one attached hydrogen (secondary N) is 1. The summed E-state index contributed by atoms with van der Waals surface area (Å²) in [6.07, 6.45) is -4.46. The van der Waals surface area contributed by atoms with E-state index in [9.17, 15) is 28.1 Å². The third kappa shape index (κ3) is 5.05. The molecule has 0 atom stereocenters. The van der Waals surface area contributed by atoms with Gasteiger partial charge >= 0.3 is 6.18 Å². The van der Waals surface area contributed by atoms with Gasteiger partial charge in [0, 0.05) is 17.7 Å². The summed E-state index contributed by atoms with van der Waals surface area (Å²) in [7, 11) is 0. The monoisotopic (exact) mass is 429 g/mol. The van der Waals surface area contributed by atoms with Crippen LogP contribution in [0.4, 0.5) is 18.9 Å². The predicted octanol–water partition coefficient (Wildman–Crippen LogP) is 3.28. The molecule has 0 spiro atoms. The molecule has 1 amide bonds. The summed E-state index contributed by atoms with van der Waals surface area (Å²) in [5.74, 6) is 4.55. The number of nitro benzene ring substituents is 1. The summed E-state index contributed by atoms with van der Waals surface area (Å²) >= 11 is 0. The topological polar surface area (TPSA) is 103 Å². The van der Waals surface area contributed by atoms with Crippen molar-refractivity contribution in [1.82, 2.24) is 20.3 Å². The smallest absolute Gasteiger partial charge is 0.340 e. The number of hydrogen-bond donors (Lipinski definition) is 1. The highest BCUT2D eigenvalue weighted by Gasteiger charge is 2.30. The molecule has 0 aliphatic rings. The first-order chi connectivity index (χ1) is 14.7. The molecule has 3 rings (SSSR count). The van der Waals surface area contributed by atoms with Crippen LogP contribution in [0.15, 0.2) is 48.5 Å². The predicted molar refractivity (Wildman–Crippen MR) is 103 cm³/mol. The van der Waals surface area contributed by atoms with Crippen molar-refractivity contribution in [1.29, 1.82) is 0 Å². The Kier molecular flexibility index (Phi) is 6.01. The van der Waals surface area contributed by atoms with E-state index < -0.39 is 22.6 Å². The van der Waals surface area contributed by atoms with Crippen LogP contribution in [0.1, 0.15) is 27.3 Å². The quantitative estimate of drug-likeness (QED) is 0.390. The highest BCUT2D eigenvalue weighted by Crippen LogP contribution is 2.29. The molecular formula is C20H14F3N5O3. The molecule has 0 radical (unpaired) electrons. The number of amides is 1. The molecule has 1 aromatic heterocycles. The Morgan fingerprint density at radius 1 is 1.23 bits per heavy atom. The molecule has 3 aromatic rings. The van der Waals surface area contributed by atoms with E-state index >= 15 is 0 Å². The molecule has 158 valence electrons. The third-order valence-electron chi connectivity index (χ3n) is 4.15. The van der Waals surface area contributed by atoms with Crippen LogP contribution in [0.2, 0.25) is 0 Å². The minimum Gasteiger partial charge on any atom is -0.340 e. The summed E-state index contributed by atoms with van der Waals surface area (Å²) in [5.41, 5.74) is -0.0735. The van der Waals surface area contributed by atoms with Gasteiger partial charge in [-0.25, -0.2) is 4.68 Å². The van der Waals surface area contributed by atoms with Crippen molar-refractivity contribution in [3.63, 3.8) is 0 Å². The third-order valence-corrected chi connectivity index (χ3v) is 4.15. The van der Waals surface area contributed by atoms with Crippen molar-refractivity contribution >= 4 is 11.6 Å². The van der Waals surface area contributed by atoms with E-state index in [1.807, 2.05) is 0 Å². The average molecular weight is 429 g/mol. The zero-order valence-electron chi connectivity index (χ0n) is 16.0. The molecule has 0 bridgehead atoms. The van der Waals surface area contributed by atoms with E-state index in [-0.39, 0.29) is 23.5 Å². The molecule has 0 fully saturated rings. The molecule has 0 aliphatic carbocycles.